The fourth-order valence-corrected chi connectivity index (χ4v) is 2.35. The van der Waals surface area contributed by atoms with Crippen molar-refractivity contribution in [3.8, 4) is 11.5 Å². The summed E-state index contributed by atoms with van der Waals surface area (Å²) in [6.07, 6.45) is 0. The van der Waals surface area contributed by atoms with Gasteiger partial charge in [0, 0.05) is 5.70 Å². The lowest BCUT2D eigenvalue weighted by Crippen LogP contribution is -2.46. The van der Waals surface area contributed by atoms with E-state index in [0.717, 1.165) is 0 Å². The Bertz CT molecular complexity index is 644. The minimum absolute atomic E-state index is 0.0812. The number of phenolic OH excluding ortho intramolecular Hbond substituents is 2. The van der Waals surface area contributed by atoms with Gasteiger partial charge in [-0.1, -0.05) is 6.07 Å². The van der Waals surface area contributed by atoms with Gasteiger partial charge in [0.15, 0.2) is 11.5 Å². The van der Waals surface area contributed by atoms with Crippen LogP contribution in [0.1, 0.15) is 18.5 Å². The molecule has 0 fully saturated rings. The zero-order chi connectivity index (χ0) is 16.3. The van der Waals surface area contributed by atoms with Crippen LogP contribution in [0.3, 0.4) is 0 Å². The number of carbonyl (C=O) groups excluding carboxylic acids is 2. The van der Waals surface area contributed by atoms with Crippen molar-refractivity contribution in [2.45, 2.75) is 13.0 Å². The van der Waals surface area contributed by atoms with E-state index in [1.807, 2.05) is 0 Å². The number of esters is 1. The van der Waals surface area contributed by atoms with Crippen molar-refractivity contribution in [3.05, 3.63) is 35.0 Å². The number of ether oxygens (including phenoxy) is 1. The van der Waals surface area contributed by atoms with Crippen LogP contribution in [0.4, 0.5) is 4.79 Å². The van der Waals surface area contributed by atoms with E-state index in [2.05, 4.69) is 10.6 Å². The highest BCUT2D eigenvalue weighted by atomic mass is 35.5. The van der Waals surface area contributed by atoms with E-state index in [4.69, 9.17) is 16.3 Å². The molecule has 1 aliphatic rings. The van der Waals surface area contributed by atoms with Gasteiger partial charge in [0.2, 0.25) is 0 Å². The van der Waals surface area contributed by atoms with Crippen LogP contribution in [-0.4, -0.2) is 34.7 Å². The number of alkyl halides is 1. The third-order valence-electron chi connectivity index (χ3n) is 3.12. The SMILES string of the molecule is CCOC(=O)C1=C(CCl)NC(=O)NC1c1ccc(O)c(O)c1. The summed E-state index contributed by atoms with van der Waals surface area (Å²) in [6, 6.07) is 2.64. The molecule has 22 heavy (non-hydrogen) atoms. The predicted octanol–water partition coefficient (Wildman–Crippen LogP) is 1.51. The number of phenols is 2. The molecule has 0 bridgehead atoms. The number of rotatable bonds is 4. The molecule has 1 aromatic rings. The first-order valence-corrected chi connectivity index (χ1v) is 7.06. The Kier molecular flexibility index (Phi) is 4.77. The minimum Gasteiger partial charge on any atom is -0.504 e. The smallest absolute Gasteiger partial charge is 0.338 e. The predicted molar refractivity (Wildman–Crippen MR) is 78.6 cm³/mol. The third-order valence-corrected chi connectivity index (χ3v) is 3.38. The van der Waals surface area contributed by atoms with Gasteiger partial charge in [-0.05, 0) is 24.6 Å². The molecule has 0 saturated carbocycles. The molecule has 7 nitrogen and oxygen atoms in total. The van der Waals surface area contributed by atoms with Crippen LogP contribution in [0.2, 0.25) is 0 Å². The molecule has 8 heteroatoms. The molecule has 0 saturated heterocycles. The molecule has 1 unspecified atom stereocenters. The molecule has 0 spiro atoms. The molecule has 0 radical (unpaired) electrons. The standard InChI is InChI=1S/C14H15ClN2O5/c1-2-22-13(20)11-8(6-15)16-14(21)17-12(11)7-3-4-9(18)10(19)5-7/h3-5,12,18-19H,2,6H2,1H3,(H2,16,17,21). The number of nitrogens with one attached hydrogen (secondary N) is 2. The van der Waals surface area contributed by atoms with E-state index >= 15 is 0 Å². The fraction of sp³-hybridized carbons (Fsp3) is 0.286. The van der Waals surface area contributed by atoms with Gasteiger partial charge >= 0.3 is 12.0 Å². The van der Waals surface area contributed by atoms with E-state index in [1.54, 1.807) is 6.92 Å². The Morgan fingerprint density at radius 2 is 2.09 bits per heavy atom. The summed E-state index contributed by atoms with van der Waals surface area (Å²) in [4.78, 5) is 23.9. The van der Waals surface area contributed by atoms with Gasteiger partial charge in [0.25, 0.3) is 0 Å². The lowest BCUT2D eigenvalue weighted by Gasteiger charge is -2.28. The zero-order valence-corrected chi connectivity index (χ0v) is 12.5. The summed E-state index contributed by atoms with van der Waals surface area (Å²) in [5.74, 6) is -1.37. The summed E-state index contributed by atoms with van der Waals surface area (Å²) in [7, 11) is 0. The Morgan fingerprint density at radius 1 is 1.36 bits per heavy atom. The van der Waals surface area contributed by atoms with Crippen LogP contribution < -0.4 is 10.6 Å². The summed E-state index contributed by atoms with van der Waals surface area (Å²) < 4.78 is 5.00. The minimum atomic E-state index is -0.840. The Morgan fingerprint density at radius 3 is 2.68 bits per heavy atom. The molecule has 2 amide bonds. The van der Waals surface area contributed by atoms with Crippen LogP contribution in [0.25, 0.3) is 0 Å². The van der Waals surface area contributed by atoms with Crippen molar-refractivity contribution in [1.82, 2.24) is 10.6 Å². The number of halogens is 1. The first-order chi connectivity index (χ1) is 10.5. The highest BCUT2D eigenvalue weighted by Crippen LogP contribution is 2.33. The second-order valence-corrected chi connectivity index (χ2v) is 4.79. The number of carbonyl (C=O) groups is 2. The van der Waals surface area contributed by atoms with Crippen LogP contribution in [-0.2, 0) is 9.53 Å². The maximum Gasteiger partial charge on any atom is 0.338 e. The van der Waals surface area contributed by atoms with Crippen molar-refractivity contribution in [2.24, 2.45) is 0 Å². The van der Waals surface area contributed by atoms with E-state index in [-0.39, 0.29) is 35.3 Å². The topological polar surface area (TPSA) is 108 Å². The van der Waals surface area contributed by atoms with Crippen molar-refractivity contribution in [2.75, 3.05) is 12.5 Å². The van der Waals surface area contributed by atoms with Crippen molar-refractivity contribution in [1.29, 1.82) is 0 Å². The normalized spacial score (nSPS) is 17.7. The second-order valence-electron chi connectivity index (χ2n) is 4.53. The third kappa shape index (κ3) is 3.09. The van der Waals surface area contributed by atoms with E-state index in [0.29, 0.717) is 5.56 Å². The number of allylic oxidation sites excluding steroid dienone is 1. The quantitative estimate of drug-likeness (QED) is 0.381. The summed E-state index contributed by atoms with van der Waals surface area (Å²) in [5.41, 5.74) is 0.804. The van der Waals surface area contributed by atoms with Crippen molar-refractivity contribution in [3.63, 3.8) is 0 Å². The fourth-order valence-electron chi connectivity index (χ4n) is 2.14. The highest BCUT2D eigenvalue weighted by molar-refractivity contribution is 6.20. The van der Waals surface area contributed by atoms with Gasteiger partial charge in [0.05, 0.1) is 24.1 Å². The summed E-state index contributed by atoms with van der Waals surface area (Å²) >= 11 is 5.80. The molecular weight excluding hydrogens is 312 g/mol. The van der Waals surface area contributed by atoms with Crippen LogP contribution in [0.15, 0.2) is 29.5 Å². The lowest BCUT2D eigenvalue weighted by molar-refractivity contribution is -0.139. The molecule has 118 valence electrons. The summed E-state index contributed by atoms with van der Waals surface area (Å²) in [5, 5.41) is 24.0. The monoisotopic (exact) mass is 326 g/mol. The van der Waals surface area contributed by atoms with Gasteiger partial charge in [0.1, 0.15) is 0 Å². The largest absolute Gasteiger partial charge is 0.504 e. The number of hydrogen-bond acceptors (Lipinski definition) is 5. The molecular formula is C14H15ClN2O5. The maximum absolute atomic E-state index is 12.2. The van der Waals surface area contributed by atoms with Gasteiger partial charge in [-0.3, -0.25) is 0 Å². The Balaban J connectivity index is 2.51. The van der Waals surface area contributed by atoms with E-state index in [9.17, 15) is 19.8 Å². The Labute approximate surface area is 131 Å². The van der Waals surface area contributed by atoms with Crippen LogP contribution in [0.5, 0.6) is 11.5 Å². The molecule has 4 N–H and O–H groups in total. The first-order valence-electron chi connectivity index (χ1n) is 6.53. The molecule has 1 heterocycles. The zero-order valence-electron chi connectivity index (χ0n) is 11.7. The van der Waals surface area contributed by atoms with Crippen LogP contribution in [0, 0.1) is 0 Å². The second kappa shape index (κ2) is 6.57. The molecule has 0 aromatic heterocycles. The molecule has 1 aromatic carbocycles. The van der Waals surface area contributed by atoms with Crippen molar-refractivity contribution >= 4 is 23.6 Å². The van der Waals surface area contributed by atoms with Crippen molar-refractivity contribution < 1.29 is 24.5 Å². The molecule has 2 rings (SSSR count). The number of aromatic hydroxyl groups is 2. The molecule has 1 atom stereocenters. The Hall–Kier alpha value is -2.41. The van der Waals surface area contributed by atoms with Gasteiger partial charge in [-0.15, -0.1) is 11.6 Å². The first kappa shape index (κ1) is 16.0. The number of hydrogen-bond donors (Lipinski definition) is 4. The molecule has 1 aliphatic heterocycles. The number of amides is 2. The average molecular weight is 327 g/mol. The van der Waals surface area contributed by atoms with E-state index in [1.165, 1.54) is 18.2 Å². The van der Waals surface area contributed by atoms with E-state index < -0.39 is 18.0 Å². The average Bonchev–Trinajstić information content (AvgIpc) is 2.49. The van der Waals surface area contributed by atoms with Gasteiger partial charge in [-0.2, -0.15) is 0 Å². The van der Waals surface area contributed by atoms with Crippen LogP contribution >= 0.6 is 11.6 Å². The number of benzene rings is 1. The number of urea groups is 1. The van der Waals surface area contributed by atoms with Gasteiger partial charge < -0.3 is 25.6 Å². The summed E-state index contributed by atoms with van der Waals surface area (Å²) in [6.45, 7) is 1.83. The highest BCUT2D eigenvalue weighted by Gasteiger charge is 2.33. The molecule has 0 aliphatic carbocycles. The van der Waals surface area contributed by atoms with Gasteiger partial charge in [-0.25, -0.2) is 9.59 Å². The maximum atomic E-state index is 12.2. The lowest BCUT2D eigenvalue weighted by atomic mass is 9.95.